The monoisotopic (exact) mass is 325 g/mol. The molecule has 1 aromatic carbocycles. The summed E-state index contributed by atoms with van der Waals surface area (Å²) in [5, 5.41) is 0. The third-order valence-electron chi connectivity index (χ3n) is 3.88. The molecule has 0 N–H and O–H groups in total. The largest absolute Gasteiger partial charge is 0.292 e. The first-order chi connectivity index (χ1) is 10.1. The van der Waals surface area contributed by atoms with E-state index in [9.17, 15) is 13.2 Å². The molecule has 0 saturated carbocycles. The van der Waals surface area contributed by atoms with E-state index in [4.69, 9.17) is 0 Å². The van der Waals surface area contributed by atoms with Crippen molar-refractivity contribution < 1.29 is 13.2 Å². The molecule has 0 spiro atoms. The smallest absolute Gasteiger partial charge is 0.182 e. The Balaban J connectivity index is 3.07. The number of ketones is 1. The molecule has 0 unspecified atom stereocenters. The van der Waals surface area contributed by atoms with Crippen molar-refractivity contribution in [1.29, 1.82) is 0 Å². The van der Waals surface area contributed by atoms with Crippen molar-refractivity contribution in [1.82, 2.24) is 4.90 Å². The molecular formula is C17H27NO3S. The molecule has 124 valence electrons. The molecule has 0 amide bonds. The van der Waals surface area contributed by atoms with Crippen LogP contribution in [0.3, 0.4) is 0 Å². The molecule has 1 aromatic rings. The Hall–Kier alpha value is -1.20. The number of nitrogens with zero attached hydrogens (tertiary/aromatic N) is 1. The molecule has 4 nitrogen and oxygen atoms in total. The van der Waals surface area contributed by atoms with Crippen molar-refractivity contribution in [2.45, 2.75) is 51.0 Å². The van der Waals surface area contributed by atoms with Gasteiger partial charge < -0.3 is 0 Å². The lowest BCUT2D eigenvalue weighted by atomic mass is 9.91. The van der Waals surface area contributed by atoms with Crippen LogP contribution in [0.4, 0.5) is 0 Å². The van der Waals surface area contributed by atoms with Gasteiger partial charge in [0.05, 0.1) is 10.4 Å². The average Bonchev–Trinajstić information content (AvgIpc) is 2.45. The van der Waals surface area contributed by atoms with Crippen LogP contribution in [0.25, 0.3) is 0 Å². The van der Waals surface area contributed by atoms with Gasteiger partial charge in [0.25, 0.3) is 0 Å². The van der Waals surface area contributed by atoms with Crippen LogP contribution in [0.1, 0.15) is 50.9 Å². The molecule has 0 aromatic heterocycles. The summed E-state index contributed by atoms with van der Waals surface area (Å²) < 4.78 is 23.0. The number of carbonyl (C=O) groups is 1. The highest BCUT2D eigenvalue weighted by atomic mass is 32.2. The van der Waals surface area contributed by atoms with Crippen LogP contribution in [0.5, 0.6) is 0 Å². The van der Waals surface area contributed by atoms with Gasteiger partial charge >= 0.3 is 0 Å². The number of hydrogen-bond acceptors (Lipinski definition) is 4. The summed E-state index contributed by atoms with van der Waals surface area (Å²) in [5.41, 5.74) is -0.0480. The van der Waals surface area contributed by atoms with Crippen molar-refractivity contribution in [3.05, 3.63) is 29.8 Å². The topological polar surface area (TPSA) is 54.5 Å². The molecule has 0 heterocycles. The van der Waals surface area contributed by atoms with Crippen LogP contribution in [0, 0.1) is 0 Å². The van der Waals surface area contributed by atoms with E-state index in [0.717, 1.165) is 32.2 Å². The van der Waals surface area contributed by atoms with Crippen LogP contribution in [0.15, 0.2) is 29.2 Å². The van der Waals surface area contributed by atoms with Crippen LogP contribution in [0.2, 0.25) is 0 Å². The minimum atomic E-state index is -3.24. The highest BCUT2D eigenvalue weighted by molar-refractivity contribution is 7.90. The van der Waals surface area contributed by atoms with Crippen LogP contribution in [-0.2, 0) is 9.84 Å². The standard InChI is InChI=1S/C17H27NO3S/c1-6-12-18(13-7-2)17(3,4)16(19)14-8-10-15(11-9-14)22(5,20)21/h8-11H,6-7,12-13H2,1-5H3. The second-order valence-corrected chi connectivity index (χ2v) is 8.19. The number of carbonyl (C=O) groups excluding carboxylic acids is 1. The second-order valence-electron chi connectivity index (χ2n) is 6.17. The first-order valence-electron chi connectivity index (χ1n) is 7.74. The van der Waals surface area contributed by atoms with Gasteiger partial charge in [-0.3, -0.25) is 9.69 Å². The summed E-state index contributed by atoms with van der Waals surface area (Å²) >= 11 is 0. The second kappa shape index (κ2) is 7.38. The quantitative estimate of drug-likeness (QED) is 0.689. The molecule has 0 fully saturated rings. The fourth-order valence-corrected chi connectivity index (χ4v) is 3.19. The number of hydrogen-bond donors (Lipinski definition) is 0. The van der Waals surface area contributed by atoms with Gasteiger partial charge in [-0.2, -0.15) is 0 Å². The van der Waals surface area contributed by atoms with Gasteiger partial charge in [-0.15, -0.1) is 0 Å². The number of benzene rings is 1. The summed E-state index contributed by atoms with van der Waals surface area (Å²) in [6.07, 6.45) is 3.14. The third-order valence-corrected chi connectivity index (χ3v) is 5.01. The molecule has 0 atom stereocenters. The Kier molecular flexibility index (Phi) is 6.32. The van der Waals surface area contributed by atoms with E-state index in [1.54, 1.807) is 12.1 Å². The van der Waals surface area contributed by atoms with E-state index < -0.39 is 15.4 Å². The van der Waals surface area contributed by atoms with Crippen molar-refractivity contribution in [3.63, 3.8) is 0 Å². The van der Waals surface area contributed by atoms with Crippen LogP contribution >= 0.6 is 0 Å². The van der Waals surface area contributed by atoms with E-state index in [2.05, 4.69) is 18.7 Å². The summed E-state index contributed by atoms with van der Waals surface area (Å²) in [7, 11) is -3.24. The molecule has 1 rings (SSSR count). The minimum absolute atomic E-state index is 0.0226. The van der Waals surface area contributed by atoms with Gasteiger partial charge in [0.15, 0.2) is 15.6 Å². The normalized spacial score (nSPS) is 12.6. The van der Waals surface area contributed by atoms with E-state index in [0.29, 0.717) is 5.56 Å². The summed E-state index contributed by atoms with van der Waals surface area (Å²) in [4.78, 5) is 15.3. The zero-order valence-corrected chi connectivity index (χ0v) is 15.0. The Morgan fingerprint density at radius 1 is 1.05 bits per heavy atom. The van der Waals surface area contributed by atoms with Crippen molar-refractivity contribution >= 4 is 15.6 Å². The fourth-order valence-electron chi connectivity index (χ4n) is 2.56. The summed E-state index contributed by atoms with van der Waals surface area (Å²) in [5.74, 6) is 0.0226. The summed E-state index contributed by atoms with van der Waals surface area (Å²) in [6, 6.07) is 6.22. The van der Waals surface area contributed by atoms with E-state index >= 15 is 0 Å². The SMILES string of the molecule is CCCN(CCC)C(C)(C)C(=O)c1ccc(S(C)(=O)=O)cc1. The molecule has 5 heteroatoms. The lowest BCUT2D eigenvalue weighted by Crippen LogP contribution is -2.50. The van der Waals surface area contributed by atoms with Crippen LogP contribution < -0.4 is 0 Å². The highest BCUT2D eigenvalue weighted by Crippen LogP contribution is 2.22. The van der Waals surface area contributed by atoms with Crippen molar-refractivity contribution in [3.8, 4) is 0 Å². The first kappa shape index (κ1) is 18.8. The average molecular weight is 325 g/mol. The Labute approximate surface area is 134 Å². The predicted molar refractivity (Wildman–Crippen MR) is 90.1 cm³/mol. The van der Waals surface area contributed by atoms with Crippen molar-refractivity contribution in [2.75, 3.05) is 19.3 Å². The highest BCUT2D eigenvalue weighted by Gasteiger charge is 2.34. The maximum Gasteiger partial charge on any atom is 0.182 e. The zero-order chi connectivity index (χ0) is 17.0. The van der Waals surface area contributed by atoms with E-state index in [1.807, 2.05) is 13.8 Å². The minimum Gasteiger partial charge on any atom is -0.292 e. The van der Waals surface area contributed by atoms with Gasteiger partial charge in [-0.25, -0.2) is 8.42 Å². The number of sulfone groups is 1. The zero-order valence-electron chi connectivity index (χ0n) is 14.2. The molecule has 0 aliphatic carbocycles. The molecule has 22 heavy (non-hydrogen) atoms. The van der Waals surface area contributed by atoms with Gasteiger partial charge in [0.2, 0.25) is 0 Å². The molecule has 0 aliphatic rings. The maximum absolute atomic E-state index is 12.8. The summed E-state index contributed by atoms with van der Waals surface area (Å²) in [6.45, 7) is 9.81. The predicted octanol–water partition coefficient (Wildman–Crippen LogP) is 3.17. The lowest BCUT2D eigenvalue weighted by molar-refractivity contribution is 0.0639. The molecule has 0 aliphatic heterocycles. The van der Waals surface area contributed by atoms with Gasteiger partial charge in [-0.1, -0.05) is 26.0 Å². The molecule has 0 bridgehead atoms. The molecular weight excluding hydrogens is 298 g/mol. The van der Waals surface area contributed by atoms with Gasteiger partial charge in [0, 0.05) is 11.8 Å². The van der Waals surface area contributed by atoms with Gasteiger partial charge in [-0.05, 0) is 51.9 Å². The van der Waals surface area contributed by atoms with E-state index in [-0.39, 0.29) is 10.7 Å². The Bertz CT molecular complexity index is 597. The van der Waals surface area contributed by atoms with Gasteiger partial charge in [0.1, 0.15) is 0 Å². The number of Topliss-reactive ketones (excluding diaryl/α,β-unsaturated/α-hetero) is 1. The third kappa shape index (κ3) is 4.40. The van der Waals surface area contributed by atoms with Crippen LogP contribution in [-0.4, -0.2) is 44.0 Å². The van der Waals surface area contributed by atoms with Crippen molar-refractivity contribution in [2.24, 2.45) is 0 Å². The first-order valence-corrected chi connectivity index (χ1v) is 9.63. The fraction of sp³-hybridized carbons (Fsp3) is 0.588. The van der Waals surface area contributed by atoms with E-state index in [1.165, 1.54) is 12.1 Å². The number of rotatable bonds is 8. The Morgan fingerprint density at radius 2 is 1.50 bits per heavy atom. The maximum atomic E-state index is 12.8. The lowest BCUT2D eigenvalue weighted by Gasteiger charge is -2.37. The Morgan fingerprint density at radius 3 is 1.86 bits per heavy atom. The molecule has 0 radical (unpaired) electrons. The molecule has 0 saturated heterocycles.